The Labute approximate surface area is 187 Å². The zero-order valence-corrected chi connectivity index (χ0v) is 17.6. The van der Waals surface area contributed by atoms with Crippen LogP contribution in [0.3, 0.4) is 0 Å². The minimum absolute atomic E-state index is 0.228. The number of benzene rings is 2. The van der Waals surface area contributed by atoms with Crippen LogP contribution in [-0.4, -0.2) is 47.6 Å². The lowest BCUT2D eigenvalue weighted by Gasteiger charge is -2.13. The number of alkyl halides is 3. The summed E-state index contributed by atoms with van der Waals surface area (Å²) in [5.41, 5.74) is -0.929. The zero-order chi connectivity index (χ0) is 23.8. The van der Waals surface area contributed by atoms with Crippen LogP contribution in [-0.2, 0) is 10.9 Å². The molecule has 0 aliphatic heterocycles. The number of nitrogens with zero attached hydrogens (tertiary/aromatic N) is 2. The molecule has 11 heteroatoms. The SMILES string of the molecule is CCOCCOc1ccc(C(=O)N[C@@H](CO)c2nc(-c3ccccc3C(F)(F)F)no2)cc1. The number of aliphatic hydroxyl groups is 1. The first-order valence-electron chi connectivity index (χ1n) is 10.1. The maximum absolute atomic E-state index is 13.3. The number of halogens is 3. The van der Waals surface area contributed by atoms with E-state index >= 15 is 0 Å². The summed E-state index contributed by atoms with van der Waals surface area (Å²) in [6.45, 7) is 2.67. The number of hydrogen-bond acceptors (Lipinski definition) is 7. The highest BCUT2D eigenvalue weighted by atomic mass is 19.4. The number of hydrogen-bond donors (Lipinski definition) is 2. The van der Waals surface area contributed by atoms with Gasteiger partial charge in [-0.3, -0.25) is 4.79 Å². The van der Waals surface area contributed by atoms with E-state index in [4.69, 9.17) is 14.0 Å². The summed E-state index contributed by atoms with van der Waals surface area (Å²) < 4.78 is 55.5. The van der Waals surface area contributed by atoms with Gasteiger partial charge in [0.15, 0.2) is 0 Å². The molecule has 176 valence electrons. The van der Waals surface area contributed by atoms with Gasteiger partial charge >= 0.3 is 6.18 Å². The first-order chi connectivity index (χ1) is 15.8. The van der Waals surface area contributed by atoms with Crippen LogP contribution in [0.1, 0.15) is 34.8 Å². The van der Waals surface area contributed by atoms with Crippen LogP contribution in [0.25, 0.3) is 11.4 Å². The number of ether oxygens (including phenoxy) is 2. The molecule has 0 fully saturated rings. The van der Waals surface area contributed by atoms with Gasteiger partial charge in [-0.05, 0) is 37.3 Å². The van der Waals surface area contributed by atoms with Crippen molar-refractivity contribution in [1.29, 1.82) is 0 Å². The highest BCUT2D eigenvalue weighted by Crippen LogP contribution is 2.36. The van der Waals surface area contributed by atoms with Crippen molar-refractivity contribution >= 4 is 5.91 Å². The Kier molecular flexibility index (Phi) is 8.01. The van der Waals surface area contributed by atoms with Crippen LogP contribution >= 0.6 is 0 Å². The second-order valence-electron chi connectivity index (χ2n) is 6.78. The Morgan fingerprint density at radius 3 is 2.55 bits per heavy atom. The van der Waals surface area contributed by atoms with Crippen LogP contribution in [0.5, 0.6) is 5.75 Å². The smallest absolute Gasteiger partial charge is 0.417 e. The molecular formula is C22H22F3N3O5. The summed E-state index contributed by atoms with van der Waals surface area (Å²) in [4.78, 5) is 16.5. The van der Waals surface area contributed by atoms with Crippen LogP contribution in [0.2, 0.25) is 0 Å². The van der Waals surface area contributed by atoms with Crippen LogP contribution < -0.4 is 10.1 Å². The maximum Gasteiger partial charge on any atom is 0.417 e. The van der Waals surface area contributed by atoms with Crippen LogP contribution in [0.4, 0.5) is 13.2 Å². The molecule has 1 heterocycles. The van der Waals surface area contributed by atoms with E-state index in [0.29, 0.717) is 25.6 Å². The van der Waals surface area contributed by atoms with Gasteiger partial charge in [0.1, 0.15) is 18.4 Å². The Morgan fingerprint density at radius 1 is 1.15 bits per heavy atom. The van der Waals surface area contributed by atoms with Gasteiger partial charge in [0.25, 0.3) is 11.8 Å². The van der Waals surface area contributed by atoms with Gasteiger partial charge in [0.05, 0.1) is 18.8 Å². The van der Waals surface area contributed by atoms with Gasteiger partial charge in [-0.2, -0.15) is 18.2 Å². The lowest BCUT2D eigenvalue weighted by atomic mass is 10.1. The summed E-state index contributed by atoms with van der Waals surface area (Å²) in [7, 11) is 0. The third-order valence-electron chi connectivity index (χ3n) is 4.52. The molecule has 8 nitrogen and oxygen atoms in total. The summed E-state index contributed by atoms with van der Waals surface area (Å²) in [6, 6.07) is 9.93. The topological polar surface area (TPSA) is 107 Å². The second-order valence-corrected chi connectivity index (χ2v) is 6.78. The highest BCUT2D eigenvalue weighted by Gasteiger charge is 2.35. The third kappa shape index (κ3) is 6.30. The molecule has 0 saturated heterocycles. The average Bonchev–Trinajstić information content (AvgIpc) is 3.30. The molecule has 1 atom stereocenters. The fourth-order valence-corrected chi connectivity index (χ4v) is 2.90. The molecular weight excluding hydrogens is 443 g/mol. The number of carbonyl (C=O) groups is 1. The molecule has 3 aromatic rings. The van der Waals surface area contributed by atoms with Crippen molar-refractivity contribution in [2.75, 3.05) is 26.4 Å². The van der Waals surface area contributed by atoms with Crippen molar-refractivity contribution in [2.45, 2.75) is 19.1 Å². The van der Waals surface area contributed by atoms with Crippen molar-refractivity contribution in [1.82, 2.24) is 15.5 Å². The number of amides is 1. The Bertz CT molecular complexity index is 1050. The molecule has 3 rings (SSSR count). The van der Waals surface area contributed by atoms with Crippen molar-refractivity contribution in [2.24, 2.45) is 0 Å². The monoisotopic (exact) mass is 465 g/mol. The van der Waals surface area contributed by atoms with Crippen LogP contribution in [0.15, 0.2) is 53.1 Å². The number of rotatable bonds is 10. The van der Waals surface area contributed by atoms with Gasteiger partial charge in [-0.15, -0.1) is 0 Å². The zero-order valence-electron chi connectivity index (χ0n) is 17.6. The third-order valence-corrected chi connectivity index (χ3v) is 4.52. The molecule has 2 aromatic carbocycles. The summed E-state index contributed by atoms with van der Waals surface area (Å²) in [5.74, 6) is -0.534. The normalized spacial score (nSPS) is 12.4. The maximum atomic E-state index is 13.3. The van der Waals surface area contributed by atoms with Gasteiger partial charge in [0.2, 0.25) is 5.82 Å². The summed E-state index contributed by atoms with van der Waals surface area (Å²) in [6.07, 6.45) is -4.61. The number of aromatic nitrogens is 2. The molecule has 0 radical (unpaired) electrons. The molecule has 1 amide bonds. The molecule has 0 aliphatic rings. The van der Waals surface area contributed by atoms with E-state index in [1.165, 1.54) is 30.3 Å². The minimum atomic E-state index is -4.61. The number of aliphatic hydroxyl groups excluding tert-OH is 1. The molecule has 2 N–H and O–H groups in total. The molecule has 0 spiro atoms. The molecule has 0 bridgehead atoms. The van der Waals surface area contributed by atoms with E-state index in [9.17, 15) is 23.1 Å². The quantitative estimate of drug-likeness (QED) is 0.441. The van der Waals surface area contributed by atoms with Crippen molar-refractivity contribution in [3.63, 3.8) is 0 Å². The largest absolute Gasteiger partial charge is 0.491 e. The van der Waals surface area contributed by atoms with E-state index in [0.717, 1.165) is 6.07 Å². The van der Waals surface area contributed by atoms with E-state index in [1.54, 1.807) is 12.1 Å². The highest BCUT2D eigenvalue weighted by molar-refractivity contribution is 5.94. The Hall–Kier alpha value is -3.44. The standard InChI is InChI=1S/C22H22F3N3O5/c1-2-31-11-12-32-15-9-7-14(8-10-15)20(30)26-18(13-29)21-27-19(28-33-21)16-5-3-4-6-17(16)22(23,24)25/h3-10,18,29H,2,11-13H2,1H3,(H,26,30)/t18-/m0/s1. The predicted octanol–water partition coefficient (Wildman–Crippen LogP) is 3.63. The fourth-order valence-electron chi connectivity index (χ4n) is 2.90. The Balaban J connectivity index is 1.69. The molecule has 33 heavy (non-hydrogen) atoms. The van der Waals surface area contributed by atoms with Gasteiger partial charge < -0.3 is 24.4 Å². The summed E-state index contributed by atoms with van der Waals surface area (Å²) >= 11 is 0. The van der Waals surface area contributed by atoms with Gasteiger partial charge in [-0.25, -0.2) is 0 Å². The Morgan fingerprint density at radius 2 is 1.88 bits per heavy atom. The van der Waals surface area contributed by atoms with Crippen molar-refractivity contribution in [3.05, 3.63) is 65.5 Å². The van der Waals surface area contributed by atoms with Crippen molar-refractivity contribution < 1.29 is 37.1 Å². The van der Waals surface area contributed by atoms with Gasteiger partial charge in [0, 0.05) is 17.7 Å². The number of carbonyl (C=O) groups excluding carboxylic acids is 1. The predicted molar refractivity (Wildman–Crippen MR) is 110 cm³/mol. The molecule has 0 unspecified atom stereocenters. The number of nitrogens with one attached hydrogen (secondary N) is 1. The molecule has 1 aromatic heterocycles. The molecule has 0 saturated carbocycles. The van der Waals surface area contributed by atoms with E-state index in [-0.39, 0.29) is 22.8 Å². The summed E-state index contributed by atoms with van der Waals surface area (Å²) in [5, 5.41) is 15.8. The van der Waals surface area contributed by atoms with Gasteiger partial charge in [-0.1, -0.05) is 23.4 Å². The first-order valence-corrected chi connectivity index (χ1v) is 10.1. The van der Waals surface area contributed by atoms with E-state index in [1.807, 2.05) is 6.92 Å². The average molecular weight is 465 g/mol. The lowest BCUT2D eigenvalue weighted by molar-refractivity contribution is -0.137. The fraction of sp³-hybridized carbons (Fsp3) is 0.318. The van der Waals surface area contributed by atoms with E-state index < -0.39 is 30.3 Å². The minimum Gasteiger partial charge on any atom is -0.491 e. The van der Waals surface area contributed by atoms with Crippen molar-refractivity contribution in [3.8, 4) is 17.1 Å². The molecule has 0 aliphatic carbocycles. The van der Waals surface area contributed by atoms with E-state index in [2.05, 4.69) is 15.5 Å². The first kappa shape index (κ1) is 24.2. The second kappa shape index (κ2) is 10.9. The van der Waals surface area contributed by atoms with Crippen LogP contribution in [0, 0.1) is 0 Å². The lowest BCUT2D eigenvalue weighted by Crippen LogP contribution is -2.31.